The summed E-state index contributed by atoms with van der Waals surface area (Å²) in [5.74, 6) is 0.100. The van der Waals surface area contributed by atoms with E-state index >= 15 is 0 Å². The topological polar surface area (TPSA) is 66.7 Å². The van der Waals surface area contributed by atoms with Gasteiger partial charge in [0.1, 0.15) is 17.4 Å². The van der Waals surface area contributed by atoms with Crippen molar-refractivity contribution in [3.63, 3.8) is 0 Å². The van der Waals surface area contributed by atoms with Crippen LogP contribution in [0.15, 0.2) is 22.6 Å². The van der Waals surface area contributed by atoms with Crippen molar-refractivity contribution in [1.82, 2.24) is 14.8 Å². The third-order valence-electron chi connectivity index (χ3n) is 5.56. The monoisotopic (exact) mass is 411 g/mol. The second kappa shape index (κ2) is 7.53. The molecule has 1 aromatic heterocycles. The summed E-state index contributed by atoms with van der Waals surface area (Å²) in [7, 11) is -2.88. The fraction of sp³-hybridized carbons (Fsp3) is 0.526. The molecule has 28 heavy (non-hydrogen) atoms. The van der Waals surface area contributed by atoms with Crippen LogP contribution in [0.1, 0.15) is 17.9 Å². The highest BCUT2D eigenvalue weighted by atomic mass is 32.2. The summed E-state index contributed by atoms with van der Waals surface area (Å²) in [5.41, 5.74) is 0.720. The Bertz CT molecular complexity index is 969. The molecule has 0 amide bonds. The van der Waals surface area contributed by atoms with Crippen molar-refractivity contribution in [2.45, 2.75) is 25.9 Å². The molecule has 2 aliphatic heterocycles. The first-order valence-corrected chi connectivity index (χ1v) is 11.2. The van der Waals surface area contributed by atoms with Gasteiger partial charge < -0.3 is 4.42 Å². The molecule has 0 bridgehead atoms. The van der Waals surface area contributed by atoms with E-state index in [9.17, 15) is 17.2 Å². The number of aromatic nitrogens is 1. The number of benzene rings is 1. The normalized spacial score (nSPS) is 23.3. The highest BCUT2D eigenvalue weighted by Gasteiger charge is 2.33. The Labute approximate surface area is 163 Å². The maximum Gasteiger partial charge on any atom is 0.229 e. The van der Waals surface area contributed by atoms with Crippen molar-refractivity contribution in [2.24, 2.45) is 0 Å². The molecule has 0 unspecified atom stereocenters. The molecule has 2 aromatic rings. The van der Waals surface area contributed by atoms with E-state index in [1.165, 1.54) is 0 Å². The predicted molar refractivity (Wildman–Crippen MR) is 101 cm³/mol. The zero-order chi connectivity index (χ0) is 19.9. The molecule has 0 spiro atoms. The largest absolute Gasteiger partial charge is 0.441 e. The van der Waals surface area contributed by atoms with Crippen molar-refractivity contribution >= 4 is 9.84 Å². The number of piperazine rings is 1. The Morgan fingerprint density at radius 2 is 1.96 bits per heavy atom. The highest BCUT2D eigenvalue weighted by Crippen LogP contribution is 2.26. The van der Waals surface area contributed by atoms with Crippen LogP contribution in [-0.2, 0) is 16.4 Å². The van der Waals surface area contributed by atoms with Gasteiger partial charge in [-0.2, -0.15) is 0 Å². The summed E-state index contributed by atoms with van der Waals surface area (Å²) in [4.78, 5) is 8.86. The fourth-order valence-corrected chi connectivity index (χ4v) is 5.67. The Balaban J connectivity index is 1.39. The van der Waals surface area contributed by atoms with Crippen LogP contribution >= 0.6 is 0 Å². The lowest BCUT2D eigenvalue weighted by Gasteiger charge is -2.37. The lowest BCUT2D eigenvalue weighted by molar-refractivity contribution is 0.0990. The van der Waals surface area contributed by atoms with Crippen molar-refractivity contribution < 1.29 is 21.6 Å². The summed E-state index contributed by atoms with van der Waals surface area (Å²) >= 11 is 0. The molecule has 3 heterocycles. The second-order valence-corrected chi connectivity index (χ2v) is 9.74. The minimum Gasteiger partial charge on any atom is -0.441 e. The number of hydrogen-bond acceptors (Lipinski definition) is 6. The van der Waals surface area contributed by atoms with E-state index in [-0.39, 0.29) is 29.0 Å². The quantitative estimate of drug-likeness (QED) is 0.769. The Kier molecular flexibility index (Phi) is 5.24. The maximum absolute atomic E-state index is 14.0. The predicted octanol–water partition coefficient (Wildman–Crippen LogP) is 2.23. The molecular weight excluding hydrogens is 388 g/mol. The number of rotatable bonds is 4. The molecule has 1 aromatic carbocycles. The third kappa shape index (κ3) is 4.11. The zero-order valence-electron chi connectivity index (χ0n) is 15.7. The van der Waals surface area contributed by atoms with Gasteiger partial charge in [-0.1, -0.05) is 0 Å². The molecule has 9 heteroatoms. The van der Waals surface area contributed by atoms with Crippen molar-refractivity contribution in [2.75, 3.05) is 37.7 Å². The molecule has 2 fully saturated rings. The minimum atomic E-state index is -2.88. The molecule has 6 nitrogen and oxygen atoms in total. The van der Waals surface area contributed by atoms with Gasteiger partial charge in [0.2, 0.25) is 5.89 Å². The molecule has 0 radical (unpaired) electrons. The van der Waals surface area contributed by atoms with Crippen molar-refractivity contribution in [3.05, 3.63) is 41.3 Å². The van der Waals surface area contributed by atoms with Gasteiger partial charge in [0.05, 0.1) is 22.8 Å². The van der Waals surface area contributed by atoms with Crippen LogP contribution in [0.25, 0.3) is 11.5 Å². The van der Waals surface area contributed by atoms with Gasteiger partial charge in [-0.15, -0.1) is 0 Å². The zero-order valence-corrected chi connectivity index (χ0v) is 16.5. The van der Waals surface area contributed by atoms with Gasteiger partial charge in [0, 0.05) is 38.8 Å². The number of sulfone groups is 1. The van der Waals surface area contributed by atoms with Crippen LogP contribution in [0.3, 0.4) is 0 Å². The molecule has 0 saturated carbocycles. The first-order chi connectivity index (χ1) is 13.3. The van der Waals surface area contributed by atoms with Gasteiger partial charge >= 0.3 is 0 Å². The number of halogens is 2. The molecule has 2 saturated heterocycles. The Hall–Kier alpha value is -1.84. The van der Waals surface area contributed by atoms with Crippen LogP contribution in [0.4, 0.5) is 8.78 Å². The van der Waals surface area contributed by atoms with Gasteiger partial charge in [0.25, 0.3) is 0 Å². The molecule has 2 aliphatic rings. The van der Waals surface area contributed by atoms with Crippen LogP contribution in [0, 0.1) is 18.6 Å². The van der Waals surface area contributed by atoms with Crippen LogP contribution in [0.5, 0.6) is 0 Å². The summed E-state index contributed by atoms with van der Waals surface area (Å²) < 4.78 is 56.4. The number of hydrogen-bond donors (Lipinski definition) is 0. The van der Waals surface area contributed by atoms with Gasteiger partial charge in [0.15, 0.2) is 9.84 Å². The first-order valence-electron chi connectivity index (χ1n) is 9.39. The van der Waals surface area contributed by atoms with Gasteiger partial charge in [-0.25, -0.2) is 22.2 Å². The summed E-state index contributed by atoms with van der Waals surface area (Å²) in [6.45, 7) is 5.54. The smallest absolute Gasteiger partial charge is 0.229 e. The average Bonchev–Trinajstić information content (AvgIpc) is 3.20. The average molecular weight is 411 g/mol. The van der Waals surface area contributed by atoms with Crippen molar-refractivity contribution in [3.8, 4) is 11.5 Å². The fourth-order valence-electron chi connectivity index (χ4n) is 3.91. The summed E-state index contributed by atoms with van der Waals surface area (Å²) in [6.07, 6.45) is 0.716. The lowest BCUT2D eigenvalue weighted by atomic mass is 10.2. The SMILES string of the molecule is Cc1oc(-c2cc(F)ccc2F)nc1CN1CCN([C@H]2CCS(=O)(=O)C2)CC1. The van der Waals surface area contributed by atoms with Crippen molar-refractivity contribution in [1.29, 1.82) is 0 Å². The van der Waals surface area contributed by atoms with E-state index in [4.69, 9.17) is 4.42 Å². The Morgan fingerprint density at radius 3 is 2.64 bits per heavy atom. The molecule has 0 aliphatic carbocycles. The third-order valence-corrected chi connectivity index (χ3v) is 7.31. The van der Waals surface area contributed by atoms with E-state index < -0.39 is 21.5 Å². The van der Waals surface area contributed by atoms with Crippen LogP contribution in [-0.4, -0.2) is 66.9 Å². The lowest BCUT2D eigenvalue weighted by Crippen LogP contribution is -2.50. The highest BCUT2D eigenvalue weighted by molar-refractivity contribution is 7.91. The van der Waals surface area contributed by atoms with Gasteiger partial charge in [-0.3, -0.25) is 9.80 Å². The Morgan fingerprint density at radius 1 is 1.21 bits per heavy atom. The van der Waals surface area contributed by atoms with E-state index in [1.807, 2.05) is 0 Å². The van der Waals surface area contributed by atoms with E-state index in [0.717, 1.165) is 44.4 Å². The first kappa shape index (κ1) is 19.5. The number of aryl methyl sites for hydroxylation is 1. The summed E-state index contributed by atoms with van der Waals surface area (Å²) in [5, 5.41) is 0. The summed E-state index contributed by atoms with van der Waals surface area (Å²) in [6, 6.07) is 3.33. The van der Waals surface area contributed by atoms with E-state index in [0.29, 0.717) is 24.4 Å². The van der Waals surface area contributed by atoms with Crippen LogP contribution < -0.4 is 0 Å². The molecule has 4 rings (SSSR count). The standard InChI is InChI=1S/C19H23F2N3O3S/c1-13-18(22-19(27-13)16-10-14(20)2-3-17(16)21)11-23-5-7-24(8-6-23)15-4-9-28(25,26)12-15/h2-3,10,15H,4-9,11-12H2,1H3/t15-/m0/s1. The minimum absolute atomic E-state index is 0.0154. The van der Waals surface area contributed by atoms with Crippen LogP contribution in [0.2, 0.25) is 0 Å². The van der Waals surface area contributed by atoms with Gasteiger partial charge in [-0.05, 0) is 31.5 Å². The van der Waals surface area contributed by atoms with E-state index in [2.05, 4.69) is 14.8 Å². The number of oxazole rings is 1. The second-order valence-electron chi connectivity index (χ2n) is 7.52. The molecule has 1 atom stereocenters. The number of nitrogens with zero attached hydrogens (tertiary/aromatic N) is 3. The van der Waals surface area contributed by atoms with E-state index in [1.54, 1.807) is 6.92 Å². The molecule has 0 N–H and O–H groups in total. The maximum atomic E-state index is 14.0. The molecule has 152 valence electrons. The molecular formula is C19H23F2N3O3S.